The van der Waals surface area contributed by atoms with Gasteiger partial charge in [0, 0.05) is 37.8 Å². The fraction of sp³-hybridized carbons (Fsp3) is 0.333. The number of alkyl halides is 3. The number of aromatic nitrogens is 5. The van der Waals surface area contributed by atoms with Gasteiger partial charge in [0.05, 0.1) is 17.4 Å². The Bertz CT molecular complexity index is 1070. The van der Waals surface area contributed by atoms with Crippen molar-refractivity contribution in [2.45, 2.75) is 33.1 Å². The van der Waals surface area contributed by atoms with Crippen molar-refractivity contribution < 1.29 is 22.7 Å². The molecule has 9 nitrogen and oxygen atoms in total. The number of nitrogens with zero attached hydrogens (tertiary/aromatic N) is 6. The lowest BCUT2D eigenvalue weighted by atomic mass is 10.2. The van der Waals surface area contributed by atoms with E-state index >= 15 is 0 Å². The number of amides is 1. The van der Waals surface area contributed by atoms with Crippen LogP contribution in [0.1, 0.15) is 26.3 Å². The summed E-state index contributed by atoms with van der Waals surface area (Å²) >= 11 is 0.956. The molecule has 0 aliphatic heterocycles. The molecule has 0 aliphatic carbocycles. The molecule has 0 aliphatic rings. The Morgan fingerprint density at radius 3 is 2.58 bits per heavy atom. The zero-order valence-corrected chi connectivity index (χ0v) is 17.7. The van der Waals surface area contributed by atoms with Crippen molar-refractivity contribution in [2.75, 3.05) is 17.3 Å². The van der Waals surface area contributed by atoms with E-state index in [4.69, 9.17) is 4.74 Å². The molecule has 0 spiro atoms. The van der Waals surface area contributed by atoms with E-state index in [1.807, 2.05) is 13.8 Å². The summed E-state index contributed by atoms with van der Waals surface area (Å²) in [5.74, 6) is 0.198. The van der Waals surface area contributed by atoms with E-state index in [2.05, 4.69) is 29.9 Å². The number of nitrogens with one attached hydrogen (secondary N) is 1. The zero-order chi connectivity index (χ0) is 22.8. The molecule has 0 aromatic carbocycles. The molecule has 3 heterocycles. The van der Waals surface area contributed by atoms with Crippen molar-refractivity contribution >= 4 is 34.1 Å². The molecule has 1 amide bonds. The SMILES string of the molecule is CC(=O)N(C)c1cc(C(F)(F)F)cnc1Nc1nc(-c2ccc(OC(C)C)nn2)ns1. The minimum Gasteiger partial charge on any atom is -0.474 e. The molecule has 3 aromatic heterocycles. The number of halogens is 3. The topological polar surface area (TPSA) is 106 Å². The standard InChI is InChI=1S/C18H18F3N7O2S/c1-9(2)30-14-6-5-12(25-26-14)15-23-17(31-27-15)24-16-13(28(4)10(3)29)7-11(8-22-16)18(19,20)21/h5-9H,1-4H3,(H,22,23,24,27). The van der Waals surface area contributed by atoms with Crippen LogP contribution in [0.5, 0.6) is 5.88 Å². The number of rotatable bonds is 6. The average Bonchev–Trinajstić information content (AvgIpc) is 3.15. The van der Waals surface area contributed by atoms with Gasteiger partial charge in [0.2, 0.25) is 16.9 Å². The number of carbonyl (C=O) groups is 1. The van der Waals surface area contributed by atoms with Gasteiger partial charge in [-0.05, 0) is 26.0 Å². The molecule has 0 fully saturated rings. The van der Waals surface area contributed by atoms with Gasteiger partial charge in [-0.3, -0.25) is 4.79 Å². The molecule has 3 aromatic rings. The lowest BCUT2D eigenvalue weighted by Crippen LogP contribution is -2.24. The van der Waals surface area contributed by atoms with Crippen molar-refractivity contribution in [3.05, 3.63) is 30.0 Å². The fourth-order valence-corrected chi connectivity index (χ4v) is 2.93. The molecule has 1 N–H and O–H groups in total. The van der Waals surface area contributed by atoms with Crippen LogP contribution in [0.3, 0.4) is 0 Å². The second kappa shape index (κ2) is 8.79. The van der Waals surface area contributed by atoms with Gasteiger partial charge in [0.25, 0.3) is 0 Å². The molecule has 13 heteroatoms. The number of anilines is 3. The number of carbonyl (C=O) groups excluding carboxylic acids is 1. The van der Waals surface area contributed by atoms with E-state index in [0.29, 0.717) is 17.8 Å². The van der Waals surface area contributed by atoms with Crippen LogP contribution < -0.4 is 15.0 Å². The van der Waals surface area contributed by atoms with Crippen LogP contribution in [-0.2, 0) is 11.0 Å². The number of hydrogen-bond donors (Lipinski definition) is 1. The summed E-state index contributed by atoms with van der Waals surface area (Å²) in [5, 5.41) is 11.0. The third-order valence-corrected chi connectivity index (χ3v) is 4.54. The largest absolute Gasteiger partial charge is 0.474 e. The molecular formula is C18H18F3N7O2S. The van der Waals surface area contributed by atoms with Crippen LogP contribution >= 0.6 is 11.5 Å². The molecule has 0 bridgehead atoms. The van der Waals surface area contributed by atoms with E-state index < -0.39 is 17.6 Å². The lowest BCUT2D eigenvalue weighted by molar-refractivity contribution is -0.137. The Morgan fingerprint density at radius 2 is 2.00 bits per heavy atom. The summed E-state index contributed by atoms with van der Waals surface area (Å²) in [7, 11) is 1.35. The summed E-state index contributed by atoms with van der Waals surface area (Å²) in [6.45, 7) is 4.96. The highest BCUT2D eigenvalue weighted by atomic mass is 32.1. The highest BCUT2D eigenvalue weighted by Crippen LogP contribution is 2.35. The predicted molar refractivity (Wildman–Crippen MR) is 108 cm³/mol. The van der Waals surface area contributed by atoms with Crippen molar-refractivity contribution in [3.63, 3.8) is 0 Å². The van der Waals surface area contributed by atoms with Gasteiger partial charge in [-0.2, -0.15) is 22.5 Å². The van der Waals surface area contributed by atoms with Crippen LogP contribution in [0.25, 0.3) is 11.5 Å². The molecule has 164 valence electrons. The third kappa shape index (κ3) is 5.42. The Balaban J connectivity index is 1.86. The van der Waals surface area contributed by atoms with Crippen LogP contribution in [0, 0.1) is 0 Å². The van der Waals surface area contributed by atoms with Crippen molar-refractivity contribution in [2.24, 2.45) is 0 Å². The van der Waals surface area contributed by atoms with Gasteiger partial charge >= 0.3 is 6.18 Å². The molecule has 0 unspecified atom stereocenters. The Kier molecular flexibility index (Phi) is 6.34. The molecule has 0 atom stereocenters. The second-order valence-corrected chi connectivity index (χ2v) is 7.39. The minimum absolute atomic E-state index is 0.0279. The van der Waals surface area contributed by atoms with E-state index in [9.17, 15) is 18.0 Å². The van der Waals surface area contributed by atoms with E-state index in [1.54, 1.807) is 12.1 Å². The van der Waals surface area contributed by atoms with Gasteiger partial charge < -0.3 is 15.0 Å². The first-order chi connectivity index (χ1) is 14.5. The average molecular weight is 453 g/mol. The Labute approximate surface area is 179 Å². The second-order valence-electron chi connectivity index (χ2n) is 6.64. The molecule has 3 rings (SSSR count). The first kappa shape index (κ1) is 22.3. The molecule has 0 radical (unpaired) electrons. The van der Waals surface area contributed by atoms with E-state index in [0.717, 1.165) is 22.5 Å². The predicted octanol–water partition coefficient (Wildman–Crippen LogP) is 3.92. The van der Waals surface area contributed by atoms with Crippen LogP contribution in [-0.4, -0.2) is 43.6 Å². The summed E-state index contributed by atoms with van der Waals surface area (Å²) in [4.78, 5) is 20.9. The number of pyridine rings is 1. The summed E-state index contributed by atoms with van der Waals surface area (Å²) in [6.07, 6.45) is -3.97. The smallest absolute Gasteiger partial charge is 0.417 e. The molecule has 31 heavy (non-hydrogen) atoms. The van der Waals surface area contributed by atoms with Crippen molar-refractivity contribution in [3.8, 4) is 17.4 Å². The maximum atomic E-state index is 13.1. The molecule has 0 saturated carbocycles. The normalized spacial score (nSPS) is 11.5. The monoisotopic (exact) mass is 453 g/mol. The number of hydrogen-bond acceptors (Lipinski definition) is 9. The summed E-state index contributed by atoms with van der Waals surface area (Å²) in [5.41, 5.74) is -0.631. The minimum atomic E-state index is -4.60. The van der Waals surface area contributed by atoms with Gasteiger partial charge in [0.1, 0.15) is 5.69 Å². The molecule has 0 saturated heterocycles. The van der Waals surface area contributed by atoms with Crippen LogP contribution in [0.2, 0.25) is 0 Å². The maximum absolute atomic E-state index is 13.1. The van der Waals surface area contributed by atoms with Gasteiger partial charge in [0.15, 0.2) is 11.6 Å². The van der Waals surface area contributed by atoms with E-state index in [1.165, 1.54) is 14.0 Å². The lowest BCUT2D eigenvalue weighted by Gasteiger charge is -2.20. The Morgan fingerprint density at radius 1 is 1.26 bits per heavy atom. The van der Waals surface area contributed by atoms with Crippen molar-refractivity contribution in [1.82, 2.24) is 24.5 Å². The fourth-order valence-electron chi connectivity index (χ4n) is 2.35. The summed E-state index contributed by atoms with van der Waals surface area (Å²) < 4.78 is 48.8. The molecular weight excluding hydrogens is 435 g/mol. The third-order valence-electron chi connectivity index (χ3n) is 3.91. The quantitative estimate of drug-likeness (QED) is 0.599. The highest BCUT2D eigenvalue weighted by Gasteiger charge is 2.32. The summed E-state index contributed by atoms with van der Waals surface area (Å²) in [6, 6.07) is 4.12. The Hall–Kier alpha value is -3.35. The van der Waals surface area contributed by atoms with Gasteiger partial charge in [-0.15, -0.1) is 10.2 Å². The van der Waals surface area contributed by atoms with Gasteiger partial charge in [-0.1, -0.05) is 0 Å². The van der Waals surface area contributed by atoms with Crippen LogP contribution in [0.4, 0.5) is 29.8 Å². The van der Waals surface area contributed by atoms with Gasteiger partial charge in [-0.25, -0.2) is 4.98 Å². The first-order valence-electron chi connectivity index (χ1n) is 8.97. The first-order valence-corrected chi connectivity index (χ1v) is 9.75. The van der Waals surface area contributed by atoms with E-state index in [-0.39, 0.29) is 28.6 Å². The van der Waals surface area contributed by atoms with Crippen molar-refractivity contribution in [1.29, 1.82) is 0 Å². The zero-order valence-electron chi connectivity index (χ0n) is 16.9. The number of ether oxygens (including phenoxy) is 1. The highest BCUT2D eigenvalue weighted by molar-refractivity contribution is 7.09. The van der Waals surface area contributed by atoms with Crippen LogP contribution in [0.15, 0.2) is 24.4 Å². The maximum Gasteiger partial charge on any atom is 0.417 e.